The van der Waals surface area contributed by atoms with Gasteiger partial charge >= 0.3 is 5.97 Å². The zero-order valence-corrected chi connectivity index (χ0v) is 22.6. The third-order valence-electron chi connectivity index (χ3n) is 5.80. The molecule has 0 aromatic heterocycles. The number of nitrogens with zero attached hydrogens (tertiary/aromatic N) is 3. The fourth-order valence-electron chi connectivity index (χ4n) is 3.88. The lowest BCUT2D eigenvalue weighted by Gasteiger charge is -2.33. The van der Waals surface area contributed by atoms with E-state index in [2.05, 4.69) is 28.0 Å². The Bertz CT molecular complexity index is 1010. The van der Waals surface area contributed by atoms with Crippen LogP contribution in [0.1, 0.15) is 53.0 Å². The number of amides is 2. The van der Waals surface area contributed by atoms with E-state index in [9.17, 15) is 14.4 Å². The Labute approximate surface area is 218 Å². The van der Waals surface area contributed by atoms with Crippen molar-refractivity contribution in [1.29, 1.82) is 0 Å². The van der Waals surface area contributed by atoms with E-state index in [1.54, 1.807) is 11.0 Å². The summed E-state index contributed by atoms with van der Waals surface area (Å²) in [6.07, 6.45) is 0.945. The van der Waals surface area contributed by atoms with Gasteiger partial charge in [0.05, 0.1) is 18.9 Å². The minimum atomic E-state index is -0.383. The number of esters is 1. The van der Waals surface area contributed by atoms with Crippen LogP contribution in [0, 0.1) is 5.41 Å². The van der Waals surface area contributed by atoms with Crippen LogP contribution in [0.15, 0.2) is 23.2 Å². The van der Waals surface area contributed by atoms with Crippen molar-refractivity contribution in [2.45, 2.75) is 60.0 Å². The van der Waals surface area contributed by atoms with Gasteiger partial charge in [0, 0.05) is 51.6 Å². The number of guanidine groups is 1. The summed E-state index contributed by atoms with van der Waals surface area (Å²) in [7, 11) is 0. The van der Waals surface area contributed by atoms with Crippen LogP contribution >= 0.6 is 0 Å². The van der Waals surface area contributed by atoms with Crippen molar-refractivity contribution in [3.63, 3.8) is 0 Å². The van der Waals surface area contributed by atoms with Gasteiger partial charge in [0.25, 0.3) is 0 Å². The number of hydrogen-bond donors (Lipinski definition) is 3. The first-order valence-corrected chi connectivity index (χ1v) is 12.8. The molecule has 11 heteroatoms. The highest BCUT2D eigenvalue weighted by atomic mass is 16.5. The predicted molar refractivity (Wildman–Crippen MR) is 140 cm³/mol. The fourth-order valence-corrected chi connectivity index (χ4v) is 3.88. The number of nitrogens with one attached hydrogen (secondary N) is 3. The van der Waals surface area contributed by atoms with Crippen molar-refractivity contribution >= 4 is 29.4 Å². The molecule has 3 N–H and O–H groups in total. The van der Waals surface area contributed by atoms with E-state index in [-0.39, 0.29) is 35.8 Å². The Morgan fingerprint density at radius 2 is 2.03 bits per heavy atom. The van der Waals surface area contributed by atoms with Crippen molar-refractivity contribution in [3.05, 3.63) is 23.8 Å². The number of piperazine rings is 1. The number of hydrogen-bond acceptors (Lipinski definition) is 9. The van der Waals surface area contributed by atoms with Crippen molar-refractivity contribution in [2.24, 2.45) is 10.4 Å². The Balaban J connectivity index is 1.53. The first kappa shape index (κ1) is 28.4. The molecule has 2 aliphatic heterocycles. The molecule has 204 valence electrons. The molecule has 37 heavy (non-hydrogen) atoms. The number of benzene rings is 1. The number of carbonyl (C=O) groups is 3. The van der Waals surface area contributed by atoms with Gasteiger partial charge in [-0.3, -0.25) is 25.1 Å². The number of fused-ring (bicyclic) bond motifs is 1. The molecule has 2 heterocycles. The van der Waals surface area contributed by atoms with Crippen molar-refractivity contribution in [3.8, 4) is 5.75 Å². The first-order valence-electron chi connectivity index (χ1n) is 12.8. The summed E-state index contributed by atoms with van der Waals surface area (Å²) in [4.78, 5) is 42.7. The summed E-state index contributed by atoms with van der Waals surface area (Å²) >= 11 is 0. The molecule has 0 aliphatic carbocycles. The summed E-state index contributed by atoms with van der Waals surface area (Å²) in [5, 5.41) is 7.98. The van der Waals surface area contributed by atoms with Crippen LogP contribution in [0.2, 0.25) is 0 Å². The molecular formula is C26H40N6O5. The molecule has 0 bridgehead atoms. The zero-order chi connectivity index (χ0) is 27.0. The van der Waals surface area contributed by atoms with Gasteiger partial charge in [0.2, 0.25) is 17.8 Å². The minimum absolute atomic E-state index is 0.0199. The molecule has 1 atom stereocenters. The number of ether oxygens (including phenoxy) is 2. The normalized spacial score (nSPS) is 17.9. The van der Waals surface area contributed by atoms with E-state index in [1.807, 2.05) is 37.9 Å². The Hall–Kier alpha value is -3.18. The molecule has 0 spiro atoms. The van der Waals surface area contributed by atoms with E-state index < -0.39 is 0 Å². The average molecular weight is 517 g/mol. The lowest BCUT2D eigenvalue weighted by atomic mass is 9.99. The lowest BCUT2D eigenvalue weighted by molar-refractivity contribution is -0.147. The molecular weight excluding hydrogens is 476 g/mol. The maximum atomic E-state index is 12.4. The fraction of sp³-hybridized carbons (Fsp3) is 0.615. The van der Waals surface area contributed by atoms with Crippen LogP contribution in [0.25, 0.3) is 0 Å². The van der Waals surface area contributed by atoms with Crippen molar-refractivity contribution in [1.82, 2.24) is 26.0 Å². The number of aliphatic imine (C=N–C) groups is 1. The van der Waals surface area contributed by atoms with Gasteiger partial charge in [0.1, 0.15) is 12.3 Å². The molecule has 1 fully saturated rings. The summed E-state index contributed by atoms with van der Waals surface area (Å²) in [5.74, 6) is 0.235. The Kier molecular flexibility index (Phi) is 9.87. The van der Waals surface area contributed by atoms with Crippen LogP contribution in [0.5, 0.6) is 5.75 Å². The van der Waals surface area contributed by atoms with Crippen LogP contribution in [-0.4, -0.2) is 79.1 Å². The molecule has 1 saturated heterocycles. The topological polar surface area (TPSA) is 125 Å². The summed E-state index contributed by atoms with van der Waals surface area (Å²) in [6, 6.07) is 5.80. The molecule has 3 rings (SSSR count). The van der Waals surface area contributed by atoms with Crippen molar-refractivity contribution in [2.75, 3.05) is 39.4 Å². The molecule has 11 nitrogen and oxygen atoms in total. The second-order valence-corrected chi connectivity index (χ2v) is 10.7. The van der Waals surface area contributed by atoms with Crippen LogP contribution in [-0.2, 0) is 25.7 Å². The SMILES string of the molecule is CC(=O)NC1=Nc2cc(OCCCC(=O)NN3CCNCC3C)ccc2CN1CC(=O)OCC(C)(C)C. The van der Waals surface area contributed by atoms with Gasteiger partial charge in [0.15, 0.2) is 0 Å². The average Bonchev–Trinajstić information content (AvgIpc) is 2.81. The lowest BCUT2D eigenvalue weighted by Crippen LogP contribution is -2.57. The minimum Gasteiger partial charge on any atom is -0.494 e. The van der Waals surface area contributed by atoms with E-state index >= 15 is 0 Å². The zero-order valence-electron chi connectivity index (χ0n) is 22.6. The second-order valence-electron chi connectivity index (χ2n) is 10.7. The largest absolute Gasteiger partial charge is 0.494 e. The quantitative estimate of drug-likeness (QED) is 0.335. The van der Waals surface area contributed by atoms with Crippen LogP contribution in [0.4, 0.5) is 5.69 Å². The van der Waals surface area contributed by atoms with Gasteiger partial charge in [-0.15, -0.1) is 0 Å². The third-order valence-corrected chi connectivity index (χ3v) is 5.80. The summed E-state index contributed by atoms with van der Waals surface area (Å²) in [6.45, 7) is 13.0. The van der Waals surface area contributed by atoms with Gasteiger partial charge in [-0.1, -0.05) is 26.8 Å². The highest BCUT2D eigenvalue weighted by Crippen LogP contribution is 2.30. The molecule has 0 saturated carbocycles. The number of hydrazine groups is 1. The van der Waals surface area contributed by atoms with E-state index in [0.717, 1.165) is 25.2 Å². The van der Waals surface area contributed by atoms with E-state index in [0.29, 0.717) is 50.0 Å². The smallest absolute Gasteiger partial charge is 0.325 e. The highest BCUT2D eigenvalue weighted by Gasteiger charge is 2.25. The van der Waals surface area contributed by atoms with Gasteiger partial charge < -0.3 is 19.7 Å². The Morgan fingerprint density at radius 1 is 1.24 bits per heavy atom. The predicted octanol–water partition coefficient (Wildman–Crippen LogP) is 1.70. The molecule has 0 radical (unpaired) electrons. The Morgan fingerprint density at radius 3 is 2.73 bits per heavy atom. The monoisotopic (exact) mass is 516 g/mol. The number of carbonyl (C=O) groups excluding carboxylic acids is 3. The maximum absolute atomic E-state index is 12.4. The van der Waals surface area contributed by atoms with E-state index in [4.69, 9.17) is 9.47 Å². The summed E-state index contributed by atoms with van der Waals surface area (Å²) < 4.78 is 11.2. The van der Waals surface area contributed by atoms with E-state index in [1.165, 1.54) is 6.92 Å². The standard InChI is InChI=1S/C26H40N6O5/c1-18-14-27-10-11-32(18)30-23(34)7-6-12-36-21-9-8-20-15-31(16-24(35)37-17-26(3,4)5)25(28-19(2)33)29-22(20)13-21/h8-9,13,18,27H,6-7,10-12,14-17H2,1-5H3,(H,30,34)(H,28,29,33). The molecule has 2 amide bonds. The van der Waals surface area contributed by atoms with Crippen molar-refractivity contribution < 1.29 is 23.9 Å². The second kappa shape index (κ2) is 12.9. The highest BCUT2D eigenvalue weighted by molar-refractivity contribution is 5.99. The molecule has 2 aliphatic rings. The van der Waals surface area contributed by atoms with Gasteiger partial charge in [-0.2, -0.15) is 0 Å². The third kappa shape index (κ3) is 9.32. The maximum Gasteiger partial charge on any atom is 0.325 e. The molecule has 1 unspecified atom stereocenters. The molecule has 1 aromatic rings. The van der Waals surface area contributed by atoms with Crippen LogP contribution < -0.4 is 20.8 Å². The summed E-state index contributed by atoms with van der Waals surface area (Å²) in [5.41, 5.74) is 4.39. The number of rotatable bonds is 9. The van der Waals surface area contributed by atoms with Gasteiger partial charge in [-0.25, -0.2) is 10.0 Å². The molecule has 1 aromatic carbocycles. The van der Waals surface area contributed by atoms with Crippen LogP contribution in [0.3, 0.4) is 0 Å². The van der Waals surface area contributed by atoms with Gasteiger partial charge in [-0.05, 0) is 30.4 Å². The first-order chi connectivity index (χ1) is 17.5.